The van der Waals surface area contributed by atoms with Crippen LogP contribution in [-0.2, 0) is 6.42 Å². The summed E-state index contributed by atoms with van der Waals surface area (Å²) in [7, 11) is 0. The second-order valence-electron chi connectivity index (χ2n) is 4.42. The van der Waals surface area contributed by atoms with E-state index in [-0.39, 0.29) is 0 Å². The van der Waals surface area contributed by atoms with Gasteiger partial charge in [0.25, 0.3) is 0 Å². The van der Waals surface area contributed by atoms with E-state index < -0.39 is 16.4 Å². The quantitative estimate of drug-likeness (QED) is 0.483. The van der Waals surface area contributed by atoms with Crippen LogP contribution < -0.4 is 0 Å². The van der Waals surface area contributed by atoms with Gasteiger partial charge in [0.15, 0.2) is 0 Å². The molecular formula is C12H13BrFNO2. The molecule has 1 aromatic carbocycles. The maximum atomic E-state index is 13.8. The van der Waals surface area contributed by atoms with Crippen molar-refractivity contribution in [3.05, 3.63) is 39.7 Å². The van der Waals surface area contributed by atoms with Crippen LogP contribution in [0.3, 0.4) is 0 Å². The topological polar surface area (TPSA) is 43.1 Å². The zero-order valence-electron chi connectivity index (χ0n) is 9.23. The summed E-state index contributed by atoms with van der Waals surface area (Å²) in [5.41, 5.74) is 0.0298. The van der Waals surface area contributed by atoms with Crippen LogP contribution in [-0.4, -0.2) is 9.75 Å². The van der Waals surface area contributed by atoms with Crippen molar-refractivity contribution in [1.82, 2.24) is 0 Å². The molecule has 2 unspecified atom stereocenters. The molecule has 1 saturated carbocycles. The first-order valence-electron chi connectivity index (χ1n) is 5.65. The van der Waals surface area contributed by atoms with Crippen LogP contribution in [0.15, 0.2) is 18.2 Å². The van der Waals surface area contributed by atoms with Crippen LogP contribution >= 0.6 is 15.9 Å². The largest absolute Gasteiger partial charge is 0.305 e. The highest BCUT2D eigenvalue weighted by Gasteiger charge is 2.27. The highest BCUT2D eigenvalue weighted by atomic mass is 79.9. The number of nitro groups is 1. The first-order valence-corrected chi connectivity index (χ1v) is 6.57. The van der Waals surface area contributed by atoms with Crippen LogP contribution in [0.1, 0.15) is 24.8 Å². The van der Waals surface area contributed by atoms with Crippen LogP contribution in [0.4, 0.5) is 10.1 Å². The summed E-state index contributed by atoms with van der Waals surface area (Å²) in [5.74, 6) is -0.296. The van der Waals surface area contributed by atoms with Gasteiger partial charge < -0.3 is 0 Å². The summed E-state index contributed by atoms with van der Waals surface area (Å²) in [4.78, 5) is 10.4. The predicted molar refractivity (Wildman–Crippen MR) is 66.8 cm³/mol. The van der Waals surface area contributed by atoms with Gasteiger partial charge in [-0.15, -0.1) is 0 Å². The van der Waals surface area contributed by atoms with E-state index in [0.717, 1.165) is 19.3 Å². The van der Waals surface area contributed by atoms with Gasteiger partial charge in [-0.3, -0.25) is 10.1 Å². The smallest absolute Gasteiger partial charge is 0.258 e. The number of nitro benzene ring substituents is 1. The van der Waals surface area contributed by atoms with Crippen molar-refractivity contribution in [1.29, 1.82) is 0 Å². The van der Waals surface area contributed by atoms with Crippen molar-refractivity contribution in [3.63, 3.8) is 0 Å². The van der Waals surface area contributed by atoms with E-state index in [1.54, 1.807) is 12.1 Å². The fourth-order valence-corrected chi connectivity index (χ4v) is 3.14. The third-order valence-corrected chi connectivity index (χ3v) is 4.51. The molecule has 1 aliphatic rings. The maximum Gasteiger partial charge on any atom is 0.305 e. The zero-order chi connectivity index (χ0) is 12.4. The summed E-state index contributed by atoms with van der Waals surface area (Å²) in [6, 6.07) is 4.40. The summed E-state index contributed by atoms with van der Waals surface area (Å²) in [6.07, 6.45) is 3.86. The molecule has 2 atom stereocenters. The van der Waals surface area contributed by atoms with E-state index in [0.29, 0.717) is 22.7 Å². The van der Waals surface area contributed by atoms with E-state index in [1.165, 1.54) is 6.07 Å². The minimum Gasteiger partial charge on any atom is -0.258 e. The molecule has 0 aromatic heterocycles. The monoisotopic (exact) mass is 301 g/mol. The maximum absolute atomic E-state index is 13.8. The Bertz CT molecular complexity index is 439. The van der Waals surface area contributed by atoms with Gasteiger partial charge in [0.05, 0.1) is 4.92 Å². The van der Waals surface area contributed by atoms with E-state index >= 15 is 0 Å². The lowest BCUT2D eigenvalue weighted by Crippen LogP contribution is -2.11. The molecule has 0 aliphatic heterocycles. The van der Waals surface area contributed by atoms with Gasteiger partial charge in [0, 0.05) is 10.9 Å². The zero-order valence-corrected chi connectivity index (χ0v) is 10.8. The van der Waals surface area contributed by atoms with E-state index in [2.05, 4.69) is 15.9 Å². The molecule has 0 spiro atoms. The molecular weight excluding hydrogens is 289 g/mol. The molecule has 0 N–H and O–H groups in total. The molecule has 2 rings (SSSR count). The molecule has 1 aromatic rings. The molecule has 0 heterocycles. The Morgan fingerprint density at radius 2 is 2.24 bits per heavy atom. The number of benzene rings is 1. The van der Waals surface area contributed by atoms with Gasteiger partial charge in [-0.1, -0.05) is 34.5 Å². The number of alkyl halides is 1. The Balaban J connectivity index is 2.21. The first-order chi connectivity index (χ1) is 8.09. The summed E-state index contributed by atoms with van der Waals surface area (Å²) in [6.45, 7) is 0. The molecule has 0 saturated heterocycles. The van der Waals surface area contributed by atoms with Gasteiger partial charge >= 0.3 is 5.69 Å². The molecule has 0 bridgehead atoms. The second-order valence-corrected chi connectivity index (χ2v) is 5.59. The third kappa shape index (κ3) is 2.65. The van der Waals surface area contributed by atoms with Gasteiger partial charge in [0.1, 0.15) is 0 Å². The minimum atomic E-state index is -0.677. The number of rotatable bonds is 3. The highest BCUT2D eigenvalue weighted by Crippen LogP contribution is 2.35. The lowest BCUT2D eigenvalue weighted by Gasteiger charge is -2.14. The Morgan fingerprint density at radius 1 is 1.47 bits per heavy atom. The second kappa shape index (κ2) is 5.12. The molecule has 92 valence electrons. The van der Waals surface area contributed by atoms with Crippen molar-refractivity contribution < 1.29 is 9.31 Å². The Kier molecular flexibility index (Phi) is 3.76. The molecule has 17 heavy (non-hydrogen) atoms. The molecule has 0 amide bonds. The van der Waals surface area contributed by atoms with Crippen molar-refractivity contribution in [2.24, 2.45) is 5.92 Å². The summed E-state index contributed by atoms with van der Waals surface area (Å²) < 4.78 is 13.8. The summed E-state index contributed by atoms with van der Waals surface area (Å²) >= 11 is 3.58. The average molecular weight is 302 g/mol. The fraction of sp³-hybridized carbons (Fsp3) is 0.500. The molecule has 0 radical (unpaired) electrons. The fourth-order valence-electron chi connectivity index (χ4n) is 2.37. The van der Waals surface area contributed by atoms with Crippen molar-refractivity contribution in [2.75, 3.05) is 0 Å². The molecule has 5 heteroatoms. The van der Waals surface area contributed by atoms with Crippen LogP contribution in [0.25, 0.3) is 0 Å². The number of hydrogen-bond acceptors (Lipinski definition) is 2. The first kappa shape index (κ1) is 12.5. The van der Waals surface area contributed by atoms with Crippen molar-refractivity contribution >= 4 is 21.6 Å². The van der Waals surface area contributed by atoms with Gasteiger partial charge in [-0.25, -0.2) is 0 Å². The van der Waals surface area contributed by atoms with Crippen molar-refractivity contribution in [3.8, 4) is 0 Å². The highest BCUT2D eigenvalue weighted by molar-refractivity contribution is 9.09. The Labute approximate surface area is 107 Å². The van der Waals surface area contributed by atoms with Gasteiger partial charge in [0.2, 0.25) is 5.82 Å². The van der Waals surface area contributed by atoms with E-state index in [9.17, 15) is 14.5 Å². The van der Waals surface area contributed by atoms with Crippen LogP contribution in [0.2, 0.25) is 0 Å². The lowest BCUT2D eigenvalue weighted by atomic mass is 9.97. The van der Waals surface area contributed by atoms with Crippen LogP contribution in [0, 0.1) is 21.8 Å². The molecule has 1 fully saturated rings. The number of nitrogens with zero attached hydrogens (tertiary/aromatic N) is 1. The summed E-state index contributed by atoms with van der Waals surface area (Å²) in [5, 5.41) is 10.6. The number of halogens is 2. The predicted octanol–water partition coefficient (Wildman–Crippen LogP) is 3.84. The Morgan fingerprint density at radius 3 is 2.82 bits per heavy atom. The lowest BCUT2D eigenvalue weighted by molar-refractivity contribution is -0.387. The molecule has 3 nitrogen and oxygen atoms in total. The van der Waals surface area contributed by atoms with Gasteiger partial charge in [-0.2, -0.15) is 4.39 Å². The van der Waals surface area contributed by atoms with Crippen LogP contribution in [0.5, 0.6) is 0 Å². The average Bonchev–Trinajstić information content (AvgIpc) is 2.67. The van der Waals surface area contributed by atoms with E-state index in [1.807, 2.05) is 0 Å². The minimum absolute atomic E-state index is 0.381. The standard InChI is InChI=1S/C12H13BrFNO2/c13-10-5-1-3-8(10)7-9-4-2-6-11(12(9)14)15(16)17/h2,4,6,8,10H,1,3,5,7H2. The SMILES string of the molecule is O=[N+]([O-])c1cccc(CC2CCCC2Br)c1F. The Hall–Kier alpha value is -0.970. The molecule has 1 aliphatic carbocycles. The van der Waals surface area contributed by atoms with Crippen molar-refractivity contribution in [2.45, 2.75) is 30.5 Å². The van der Waals surface area contributed by atoms with E-state index in [4.69, 9.17) is 0 Å². The third-order valence-electron chi connectivity index (χ3n) is 3.30. The normalized spacial score (nSPS) is 23.9. The number of hydrogen-bond donors (Lipinski definition) is 0. The van der Waals surface area contributed by atoms with Gasteiger partial charge in [-0.05, 0) is 30.7 Å².